The summed E-state index contributed by atoms with van der Waals surface area (Å²) in [6.07, 6.45) is 2.76. The van der Waals surface area contributed by atoms with Crippen LogP contribution in [0, 0.1) is 5.82 Å². The molecule has 2 rings (SSSR count). The van der Waals surface area contributed by atoms with Crippen LogP contribution in [0.2, 0.25) is 0 Å². The molecular formula is C14H18FN3O. The number of rotatable bonds is 6. The van der Waals surface area contributed by atoms with Crippen LogP contribution in [0.5, 0.6) is 0 Å². The minimum Gasteiger partial charge on any atom is -0.387 e. The Kier molecular flexibility index (Phi) is 4.65. The van der Waals surface area contributed by atoms with Crippen LogP contribution in [0.25, 0.3) is 0 Å². The molecule has 0 saturated carbocycles. The number of nitrogens with zero attached hydrogens (tertiary/aromatic N) is 2. The minimum absolute atomic E-state index is 0.140. The molecule has 5 heteroatoms. The van der Waals surface area contributed by atoms with Crippen LogP contribution in [0.4, 0.5) is 4.39 Å². The van der Waals surface area contributed by atoms with Crippen molar-refractivity contribution in [3.05, 3.63) is 54.1 Å². The van der Waals surface area contributed by atoms with E-state index in [0.29, 0.717) is 18.7 Å². The molecule has 1 heterocycles. The van der Waals surface area contributed by atoms with Crippen LogP contribution in [0.1, 0.15) is 18.6 Å². The van der Waals surface area contributed by atoms with Crippen molar-refractivity contribution in [3.8, 4) is 0 Å². The molecule has 0 amide bonds. The van der Waals surface area contributed by atoms with Crippen molar-refractivity contribution in [2.45, 2.75) is 25.6 Å². The molecule has 0 aliphatic carbocycles. The number of hydrogen-bond donors (Lipinski definition) is 2. The summed E-state index contributed by atoms with van der Waals surface area (Å²) < 4.78 is 15.3. The molecule has 0 spiro atoms. The van der Waals surface area contributed by atoms with Gasteiger partial charge in [0.05, 0.1) is 12.6 Å². The predicted molar refractivity (Wildman–Crippen MR) is 71.1 cm³/mol. The Hall–Kier alpha value is -1.72. The van der Waals surface area contributed by atoms with E-state index in [1.54, 1.807) is 24.4 Å². The van der Waals surface area contributed by atoms with Crippen LogP contribution < -0.4 is 5.32 Å². The average Bonchev–Trinajstić information content (AvgIpc) is 2.89. The lowest BCUT2D eigenvalue weighted by Gasteiger charge is -2.17. The average molecular weight is 263 g/mol. The molecule has 2 aromatic rings. The van der Waals surface area contributed by atoms with Crippen LogP contribution in [0.3, 0.4) is 0 Å². The molecule has 0 radical (unpaired) electrons. The number of benzene rings is 1. The standard InChI is InChI=1S/C14H18FN3O/c1-11(10-18-8-4-7-17-18)16-9-14(19)12-5-2-3-6-13(12)15/h2-8,11,14,16,19H,9-10H2,1H3/t11-,14-/m0/s1. The monoisotopic (exact) mass is 263 g/mol. The SMILES string of the molecule is C[C@@H](Cn1cccn1)NC[C@H](O)c1ccccc1F. The summed E-state index contributed by atoms with van der Waals surface area (Å²) in [7, 11) is 0. The normalized spacial score (nSPS) is 14.3. The number of aromatic nitrogens is 2. The molecule has 0 fully saturated rings. The van der Waals surface area contributed by atoms with Crippen molar-refractivity contribution in [1.82, 2.24) is 15.1 Å². The first-order valence-electron chi connectivity index (χ1n) is 6.30. The number of hydrogen-bond acceptors (Lipinski definition) is 3. The van der Waals surface area contributed by atoms with Crippen molar-refractivity contribution >= 4 is 0 Å². The van der Waals surface area contributed by atoms with E-state index in [1.807, 2.05) is 23.9 Å². The molecule has 0 aliphatic heterocycles. The van der Waals surface area contributed by atoms with Crippen molar-refractivity contribution in [2.75, 3.05) is 6.54 Å². The number of halogens is 1. The largest absolute Gasteiger partial charge is 0.387 e. The molecule has 0 unspecified atom stereocenters. The van der Waals surface area contributed by atoms with E-state index in [9.17, 15) is 9.50 Å². The quantitative estimate of drug-likeness (QED) is 0.834. The lowest BCUT2D eigenvalue weighted by atomic mass is 10.1. The Labute approximate surface area is 111 Å². The smallest absolute Gasteiger partial charge is 0.129 e. The van der Waals surface area contributed by atoms with Gasteiger partial charge in [0.15, 0.2) is 0 Å². The van der Waals surface area contributed by atoms with Gasteiger partial charge in [-0.15, -0.1) is 0 Å². The molecule has 2 atom stereocenters. The van der Waals surface area contributed by atoms with Crippen LogP contribution >= 0.6 is 0 Å². The second kappa shape index (κ2) is 6.45. The summed E-state index contributed by atoms with van der Waals surface area (Å²) in [5.41, 5.74) is 0.321. The van der Waals surface area contributed by atoms with Gasteiger partial charge in [-0.05, 0) is 19.1 Å². The van der Waals surface area contributed by atoms with Gasteiger partial charge in [0.25, 0.3) is 0 Å². The van der Waals surface area contributed by atoms with E-state index in [0.717, 1.165) is 0 Å². The van der Waals surface area contributed by atoms with Gasteiger partial charge in [0.2, 0.25) is 0 Å². The summed E-state index contributed by atoms with van der Waals surface area (Å²) in [6, 6.07) is 8.28. The highest BCUT2D eigenvalue weighted by atomic mass is 19.1. The molecule has 102 valence electrons. The summed E-state index contributed by atoms with van der Waals surface area (Å²) in [5.74, 6) is -0.378. The topological polar surface area (TPSA) is 50.1 Å². The zero-order chi connectivity index (χ0) is 13.7. The summed E-state index contributed by atoms with van der Waals surface area (Å²) in [6.45, 7) is 3.01. The van der Waals surface area contributed by atoms with Gasteiger partial charge in [-0.1, -0.05) is 18.2 Å². The first kappa shape index (κ1) is 13.7. The minimum atomic E-state index is -0.846. The predicted octanol–water partition coefficient (Wildman–Crippen LogP) is 1.73. The molecule has 0 aliphatic rings. The van der Waals surface area contributed by atoms with E-state index in [-0.39, 0.29) is 11.9 Å². The van der Waals surface area contributed by atoms with Crippen LogP contribution in [-0.2, 0) is 6.54 Å². The fourth-order valence-electron chi connectivity index (χ4n) is 1.92. The van der Waals surface area contributed by atoms with Gasteiger partial charge in [-0.2, -0.15) is 5.10 Å². The van der Waals surface area contributed by atoms with E-state index < -0.39 is 6.10 Å². The van der Waals surface area contributed by atoms with Crippen molar-refractivity contribution in [2.24, 2.45) is 0 Å². The lowest BCUT2D eigenvalue weighted by Crippen LogP contribution is -2.34. The Morgan fingerprint density at radius 2 is 2.16 bits per heavy atom. The fraction of sp³-hybridized carbons (Fsp3) is 0.357. The van der Waals surface area contributed by atoms with E-state index in [4.69, 9.17) is 0 Å². The Bertz CT molecular complexity index is 501. The number of aliphatic hydroxyl groups is 1. The first-order chi connectivity index (χ1) is 9.16. The third-order valence-corrected chi connectivity index (χ3v) is 2.94. The lowest BCUT2D eigenvalue weighted by molar-refractivity contribution is 0.164. The molecule has 0 bridgehead atoms. The van der Waals surface area contributed by atoms with E-state index in [1.165, 1.54) is 6.07 Å². The highest BCUT2D eigenvalue weighted by Crippen LogP contribution is 2.15. The number of nitrogens with one attached hydrogen (secondary N) is 1. The van der Waals surface area contributed by atoms with Gasteiger partial charge >= 0.3 is 0 Å². The third kappa shape index (κ3) is 3.87. The second-order valence-electron chi connectivity index (χ2n) is 4.57. The molecular weight excluding hydrogens is 245 g/mol. The Morgan fingerprint density at radius 1 is 1.37 bits per heavy atom. The summed E-state index contributed by atoms with van der Waals surface area (Å²) in [4.78, 5) is 0. The van der Waals surface area contributed by atoms with Gasteiger partial charge < -0.3 is 10.4 Å². The number of aliphatic hydroxyl groups excluding tert-OH is 1. The highest BCUT2D eigenvalue weighted by molar-refractivity contribution is 5.19. The van der Waals surface area contributed by atoms with E-state index in [2.05, 4.69) is 10.4 Å². The molecule has 1 aromatic heterocycles. The second-order valence-corrected chi connectivity index (χ2v) is 4.57. The van der Waals surface area contributed by atoms with E-state index >= 15 is 0 Å². The Morgan fingerprint density at radius 3 is 2.84 bits per heavy atom. The molecule has 2 N–H and O–H groups in total. The maximum Gasteiger partial charge on any atom is 0.129 e. The molecule has 19 heavy (non-hydrogen) atoms. The zero-order valence-electron chi connectivity index (χ0n) is 10.8. The summed E-state index contributed by atoms with van der Waals surface area (Å²) in [5, 5.41) is 17.2. The molecule has 1 aromatic carbocycles. The maximum atomic E-state index is 13.5. The summed E-state index contributed by atoms with van der Waals surface area (Å²) >= 11 is 0. The van der Waals surface area contributed by atoms with Crippen molar-refractivity contribution < 1.29 is 9.50 Å². The van der Waals surface area contributed by atoms with Crippen LogP contribution in [-0.4, -0.2) is 27.5 Å². The fourth-order valence-corrected chi connectivity index (χ4v) is 1.92. The first-order valence-corrected chi connectivity index (χ1v) is 6.30. The third-order valence-electron chi connectivity index (χ3n) is 2.94. The maximum absolute atomic E-state index is 13.5. The van der Waals surface area contributed by atoms with Gasteiger partial charge in [-0.3, -0.25) is 4.68 Å². The van der Waals surface area contributed by atoms with Gasteiger partial charge in [-0.25, -0.2) is 4.39 Å². The zero-order valence-corrected chi connectivity index (χ0v) is 10.8. The highest BCUT2D eigenvalue weighted by Gasteiger charge is 2.13. The van der Waals surface area contributed by atoms with Gasteiger partial charge in [0, 0.05) is 30.5 Å². The molecule has 0 saturated heterocycles. The van der Waals surface area contributed by atoms with Crippen LogP contribution in [0.15, 0.2) is 42.7 Å². The van der Waals surface area contributed by atoms with Crippen molar-refractivity contribution in [3.63, 3.8) is 0 Å². The van der Waals surface area contributed by atoms with Gasteiger partial charge in [0.1, 0.15) is 5.82 Å². The molecule has 4 nitrogen and oxygen atoms in total. The Balaban J connectivity index is 1.83. The van der Waals surface area contributed by atoms with Crippen molar-refractivity contribution in [1.29, 1.82) is 0 Å².